The van der Waals surface area contributed by atoms with Gasteiger partial charge < -0.3 is 9.13 Å². The monoisotopic (exact) mass is 417 g/mol. The van der Waals surface area contributed by atoms with Gasteiger partial charge in [-0.25, -0.2) is 18.7 Å². The Morgan fingerprint density at radius 3 is 2.77 bits per heavy atom. The highest BCUT2D eigenvalue weighted by atomic mass is 79.9. The normalized spacial score (nSPS) is 11.3. The van der Waals surface area contributed by atoms with Gasteiger partial charge in [0.15, 0.2) is 0 Å². The number of rotatable bonds is 5. The second kappa shape index (κ2) is 6.95. The first kappa shape index (κ1) is 16.8. The van der Waals surface area contributed by atoms with E-state index in [0.29, 0.717) is 27.9 Å². The Morgan fingerprint density at radius 1 is 1.12 bits per heavy atom. The number of hydrogen-bond donors (Lipinski definition) is 0. The maximum Gasteiger partial charge on any atom is 0.142 e. The number of alkyl halides is 1. The van der Waals surface area contributed by atoms with Crippen LogP contribution in [0.3, 0.4) is 0 Å². The molecule has 0 aliphatic carbocycles. The Balaban J connectivity index is 1.81. The summed E-state index contributed by atoms with van der Waals surface area (Å²) < 4.78 is 31.0. The van der Waals surface area contributed by atoms with Crippen LogP contribution >= 0.6 is 15.9 Å². The van der Waals surface area contributed by atoms with Gasteiger partial charge in [0.1, 0.15) is 18.3 Å². The highest BCUT2D eigenvalue weighted by molar-refractivity contribution is 9.10. The van der Waals surface area contributed by atoms with E-state index in [1.807, 2.05) is 16.8 Å². The minimum Gasteiger partial charge on any atom is -0.333 e. The van der Waals surface area contributed by atoms with Crippen LogP contribution in [0.1, 0.15) is 5.56 Å². The Kier molecular flexibility index (Phi) is 4.50. The smallest absolute Gasteiger partial charge is 0.142 e. The molecule has 1 aromatic carbocycles. The highest BCUT2D eigenvalue weighted by Crippen LogP contribution is 2.29. The van der Waals surface area contributed by atoms with Crippen molar-refractivity contribution in [1.82, 2.24) is 24.1 Å². The molecule has 0 atom stereocenters. The van der Waals surface area contributed by atoms with E-state index in [9.17, 15) is 8.78 Å². The molecule has 0 aliphatic heterocycles. The van der Waals surface area contributed by atoms with Gasteiger partial charge in [0.2, 0.25) is 0 Å². The third-order valence-corrected chi connectivity index (χ3v) is 4.68. The van der Waals surface area contributed by atoms with Gasteiger partial charge in [-0.3, -0.25) is 4.98 Å². The number of imidazole rings is 2. The average molecular weight is 418 g/mol. The predicted octanol–water partition coefficient (Wildman–Crippen LogP) is 4.21. The zero-order chi connectivity index (χ0) is 18.1. The van der Waals surface area contributed by atoms with Crippen LogP contribution in [0, 0.1) is 5.82 Å². The molecule has 0 aliphatic rings. The molecule has 26 heavy (non-hydrogen) atoms. The van der Waals surface area contributed by atoms with Crippen molar-refractivity contribution in [3.8, 4) is 11.4 Å². The molecule has 0 fully saturated rings. The molecular weight excluding hydrogens is 404 g/mol. The van der Waals surface area contributed by atoms with E-state index in [1.165, 1.54) is 6.07 Å². The number of fused-ring (bicyclic) bond motifs is 1. The minimum absolute atomic E-state index is 0.135. The molecule has 3 heterocycles. The fraction of sp³-hybridized carbons (Fsp3) is 0.167. The van der Waals surface area contributed by atoms with E-state index in [0.717, 1.165) is 11.1 Å². The van der Waals surface area contributed by atoms with Crippen molar-refractivity contribution < 1.29 is 8.78 Å². The van der Waals surface area contributed by atoms with Crippen LogP contribution in [0.2, 0.25) is 0 Å². The van der Waals surface area contributed by atoms with Crippen LogP contribution in [0.5, 0.6) is 0 Å². The lowest BCUT2D eigenvalue weighted by Crippen LogP contribution is -2.03. The van der Waals surface area contributed by atoms with Crippen LogP contribution in [-0.4, -0.2) is 30.8 Å². The Hall–Kier alpha value is -2.61. The third kappa shape index (κ3) is 3.12. The summed E-state index contributed by atoms with van der Waals surface area (Å²) >= 11 is 3.18. The minimum atomic E-state index is -0.546. The molecule has 0 saturated carbocycles. The van der Waals surface area contributed by atoms with Gasteiger partial charge in [-0.15, -0.1) is 0 Å². The largest absolute Gasteiger partial charge is 0.333 e. The van der Waals surface area contributed by atoms with Gasteiger partial charge in [0.25, 0.3) is 0 Å². The van der Waals surface area contributed by atoms with E-state index >= 15 is 0 Å². The predicted molar refractivity (Wildman–Crippen MR) is 97.9 cm³/mol. The molecule has 3 aromatic heterocycles. The van der Waals surface area contributed by atoms with Gasteiger partial charge in [-0.1, -0.05) is 0 Å². The summed E-state index contributed by atoms with van der Waals surface area (Å²) in [6.45, 7) is 0.204. The van der Waals surface area contributed by atoms with Gasteiger partial charge in [0, 0.05) is 36.4 Å². The van der Waals surface area contributed by atoms with E-state index < -0.39 is 12.5 Å². The van der Waals surface area contributed by atoms with Gasteiger partial charge >= 0.3 is 0 Å². The molecule has 132 valence electrons. The van der Waals surface area contributed by atoms with Crippen molar-refractivity contribution in [3.05, 3.63) is 65.2 Å². The first-order chi connectivity index (χ1) is 12.7. The number of benzene rings is 1. The van der Waals surface area contributed by atoms with Crippen LogP contribution in [0.15, 0.2) is 53.8 Å². The zero-order valence-electron chi connectivity index (χ0n) is 13.6. The molecule has 4 aromatic rings. The first-order valence-electron chi connectivity index (χ1n) is 7.97. The van der Waals surface area contributed by atoms with Crippen LogP contribution in [-0.2, 0) is 13.1 Å². The third-order valence-electron chi connectivity index (χ3n) is 4.08. The number of aromatic nitrogens is 5. The lowest BCUT2D eigenvalue weighted by atomic mass is 10.2. The molecule has 0 unspecified atom stereocenters. The SMILES string of the molecule is FCCn1c(-c2cncc(Cn3ccnc3)c2)nc2cc(F)c(Br)cc21. The summed E-state index contributed by atoms with van der Waals surface area (Å²) in [5.41, 5.74) is 2.87. The van der Waals surface area contributed by atoms with E-state index in [2.05, 4.69) is 30.9 Å². The molecule has 5 nitrogen and oxygen atoms in total. The maximum absolute atomic E-state index is 13.9. The topological polar surface area (TPSA) is 48.5 Å². The van der Waals surface area contributed by atoms with E-state index in [-0.39, 0.29) is 6.54 Å². The van der Waals surface area contributed by atoms with Crippen molar-refractivity contribution in [2.75, 3.05) is 6.67 Å². The van der Waals surface area contributed by atoms with Crippen molar-refractivity contribution in [1.29, 1.82) is 0 Å². The molecule has 0 radical (unpaired) electrons. The summed E-state index contributed by atoms with van der Waals surface area (Å²) in [5, 5.41) is 0. The number of nitrogens with zero attached hydrogens (tertiary/aromatic N) is 5. The van der Waals surface area contributed by atoms with E-state index in [4.69, 9.17) is 0 Å². The van der Waals surface area contributed by atoms with Crippen LogP contribution < -0.4 is 0 Å². The fourth-order valence-corrected chi connectivity index (χ4v) is 3.27. The van der Waals surface area contributed by atoms with Crippen LogP contribution in [0.25, 0.3) is 22.4 Å². The summed E-state index contributed by atoms with van der Waals surface area (Å²) in [6.07, 6.45) is 8.75. The highest BCUT2D eigenvalue weighted by Gasteiger charge is 2.15. The fourth-order valence-electron chi connectivity index (χ4n) is 2.94. The van der Waals surface area contributed by atoms with Crippen molar-refractivity contribution in [2.45, 2.75) is 13.1 Å². The molecule has 0 bridgehead atoms. The molecule has 8 heteroatoms. The molecule has 0 N–H and O–H groups in total. The number of pyridine rings is 1. The van der Waals surface area contributed by atoms with Crippen molar-refractivity contribution in [2.24, 2.45) is 0 Å². The molecule has 4 rings (SSSR count). The summed E-state index contributed by atoms with van der Waals surface area (Å²) in [5.74, 6) is 0.163. The molecule has 0 amide bonds. The first-order valence-corrected chi connectivity index (χ1v) is 8.76. The lowest BCUT2D eigenvalue weighted by Gasteiger charge is -2.09. The summed E-state index contributed by atoms with van der Waals surface area (Å²) in [6, 6.07) is 4.92. The Bertz CT molecular complexity index is 1060. The maximum atomic E-state index is 13.9. The summed E-state index contributed by atoms with van der Waals surface area (Å²) in [7, 11) is 0. The lowest BCUT2D eigenvalue weighted by molar-refractivity contribution is 0.451. The number of hydrogen-bond acceptors (Lipinski definition) is 3. The van der Waals surface area contributed by atoms with Gasteiger partial charge in [-0.05, 0) is 33.6 Å². The molecule has 0 spiro atoms. The second-order valence-corrected chi connectivity index (χ2v) is 6.70. The second-order valence-electron chi connectivity index (χ2n) is 5.85. The standard InChI is InChI=1S/C18H14BrF2N5/c19-14-6-17-16(7-15(14)21)24-18(26(17)3-1-20)13-5-12(8-23-9-13)10-25-4-2-22-11-25/h2,4-9,11H,1,3,10H2. The van der Waals surface area contributed by atoms with Crippen LogP contribution in [0.4, 0.5) is 8.78 Å². The molecule has 0 saturated heterocycles. The number of aryl methyl sites for hydroxylation is 1. The quantitative estimate of drug-likeness (QED) is 0.488. The molecular formula is C18H14BrF2N5. The number of halogens is 3. The van der Waals surface area contributed by atoms with E-state index in [1.54, 1.807) is 35.6 Å². The average Bonchev–Trinajstić information content (AvgIpc) is 3.25. The Labute approximate surface area is 156 Å². The zero-order valence-corrected chi connectivity index (χ0v) is 15.2. The van der Waals surface area contributed by atoms with Crippen molar-refractivity contribution >= 4 is 27.0 Å². The Morgan fingerprint density at radius 2 is 2.00 bits per heavy atom. The van der Waals surface area contributed by atoms with Gasteiger partial charge in [0.05, 0.1) is 34.9 Å². The summed E-state index contributed by atoms with van der Waals surface area (Å²) in [4.78, 5) is 12.8. The van der Waals surface area contributed by atoms with Crippen molar-refractivity contribution in [3.63, 3.8) is 0 Å². The van der Waals surface area contributed by atoms with Gasteiger partial charge in [-0.2, -0.15) is 0 Å².